The number of hydrazone groups is 1. The molecule has 1 aliphatic heterocycles. The van der Waals surface area contributed by atoms with Crippen LogP contribution in [0.5, 0.6) is 11.5 Å². The molecule has 1 aliphatic rings. The molecular weight excluding hydrogens is 593 g/mol. The zero-order valence-corrected chi connectivity index (χ0v) is 26.0. The number of aromatic nitrogens is 1. The third-order valence-electron chi connectivity index (χ3n) is 7.66. The van der Waals surface area contributed by atoms with Crippen LogP contribution in [0.4, 0.5) is 9.18 Å². The molecule has 240 valence electrons. The minimum atomic E-state index is -1.17. The van der Waals surface area contributed by atoms with Crippen molar-refractivity contribution in [1.82, 2.24) is 20.6 Å². The summed E-state index contributed by atoms with van der Waals surface area (Å²) in [5, 5.41) is 21.2. The van der Waals surface area contributed by atoms with Crippen LogP contribution < -0.4 is 25.5 Å². The lowest BCUT2D eigenvalue weighted by Crippen LogP contribution is -2.45. The number of hydrogen-bond acceptors (Lipinski definition) is 8. The van der Waals surface area contributed by atoms with E-state index in [1.54, 1.807) is 43.5 Å². The minimum Gasteiger partial charge on any atom is -0.490 e. The zero-order chi connectivity index (χ0) is 32.8. The molecule has 0 bridgehead atoms. The Bertz CT molecular complexity index is 1820. The standard InChI is InChI=1S/C34H36FN5O6/c1-5-45-29-16-22(32-31(33(42)44-4)20(2)37-34(43)38-32)14-15-28(29)46-19-30(41)39-36-17-25-21(3)40(27-13-9-7-11-24(25)27)18-23-10-6-8-12-26(23)35/h6-17,30,32,39,41H,5,18-19H2,1-4H3,(H2,37,38,43)/b36-17+/t30-,32-/m0/s1. The summed E-state index contributed by atoms with van der Waals surface area (Å²) in [6.07, 6.45) is 0.457. The number of fused-ring (bicyclic) bond motifs is 1. The van der Waals surface area contributed by atoms with Crippen molar-refractivity contribution in [2.75, 3.05) is 20.3 Å². The number of ether oxygens (including phenoxy) is 3. The van der Waals surface area contributed by atoms with Crippen LogP contribution in [0.25, 0.3) is 10.9 Å². The van der Waals surface area contributed by atoms with Gasteiger partial charge in [-0.05, 0) is 50.6 Å². The molecule has 0 spiro atoms. The first-order chi connectivity index (χ1) is 22.2. The van der Waals surface area contributed by atoms with E-state index in [4.69, 9.17) is 14.2 Å². The normalized spacial score (nSPS) is 15.4. The Balaban J connectivity index is 1.29. The molecule has 4 aromatic rings. The molecule has 2 amide bonds. The molecule has 11 nitrogen and oxygen atoms in total. The Morgan fingerprint density at radius 2 is 1.87 bits per heavy atom. The highest BCUT2D eigenvalue weighted by Crippen LogP contribution is 2.35. The van der Waals surface area contributed by atoms with Gasteiger partial charge in [0.2, 0.25) is 0 Å². The number of benzene rings is 3. The second-order valence-corrected chi connectivity index (χ2v) is 10.6. The Hall–Kier alpha value is -5.36. The highest BCUT2D eigenvalue weighted by Gasteiger charge is 2.32. The number of hydrogen-bond donors (Lipinski definition) is 4. The monoisotopic (exact) mass is 629 g/mol. The molecule has 1 aromatic heterocycles. The maximum atomic E-state index is 14.4. The van der Waals surface area contributed by atoms with Crippen molar-refractivity contribution in [3.63, 3.8) is 0 Å². The van der Waals surface area contributed by atoms with Crippen LogP contribution in [0, 0.1) is 12.7 Å². The number of rotatable bonds is 12. The van der Waals surface area contributed by atoms with E-state index in [-0.39, 0.29) is 18.0 Å². The van der Waals surface area contributed by atoms with E-state index in [9.17, 15) is 19.1 Å². The lowest BCUT2D eigenvalue weighted by atomic mass is 9.95. The van der Waals surface area contributed by atoms with E-state index < -0.39 is 24.3 Å². The number of para-hydroxylation sites is 1. The van der Waals surface area contributed by atoms with Gasteiger partial charge in [0, 0.05) is 33.4 Å². The molecule has 0 fully saturated rings. The van der Waals surface area contributed by atoms with Gasteiger partial charge in [-0.2, -0.15) is 5.10 Å². The number of nitrogens with one attached hydrogen (secondary N) is 3. The molecule has 0 unspecified atom stereocenters. The molecule has 0 saturated heterocycles. The SMILES string of the molecule is CCOc1cc([C@@H]2NC(=O)NC(C)=C2C(=O)OC)ccc1OC[C@H](O)N/N=C/c1c(C)n(Cc2ccccc2F)c2ccccc12. The number of amides is 2. The molecule has 0 radical (unpaired) electrons. The summed E-state index contributed by atoms with van der Waals surface area (Å²) in [5.74, 6) is -0.127. The topological polar surface area (TPSA) is 135 Å². The van der Waals surface area contributed by atoms with Gasteiger partial charge in [-0.15, -0.1) is 0 Å². The van der Waals surface area contributed by atoms with Gasteiger partial charge in [-0.3, -0.25) is 5.43 Å². The molecule has 46 heavy (non-hydrogen) atoms. The quantitative estimate of drug-likeness (QED) is 0.0775. The number of nitrogens with zero attached hydrogens (tertiary/aromatic N) is 2. The lowest BCUT2D eigenvalue weighted by molar-refractivity contribution is -0.136. The van der Waals surface area contributed by atoms with Crippen LogP contribution in [-0.4, -0.2) is 54.4 Å². The van der Waals surface area contributed by atoms with Crippen molar-refractivity contribution in [2.24, 2.45) is 5.10 Å². The van der Waals surface area contributed by atoms with Crippen molar-refractivity contribution in [3.8, 4) is 11.5 Å². The summed E-state index contributed by atoms with van der Waals surface area (Å²) in [4.78, 5) is 24.7. The zero-order valence-electron chi connectivity index (χ0n) is 26.0. The number of carbonyl (C=O) groups is 2. The Labute approximate surface area is 265 Å². The van der Waals surface area contributed by atoms with Crippen molar-refractivity contribution >= 4 is 29.1 Å². The Morgan fingerprint density at radius 3 is 2.63 bits per heavy atom. The van der Waals surface area contributed by atoms with Gasteiger partial charge in [0.25, 0.3) is 0 Å². The molecule has 5 rings (SSSR count). The number of esters is 1. The van der Waals surface area contributed by atoms with Crippen molar-refractivity contribution in [3.05, 3.63) is 106 Å². The van der Waals surface area contributed by atoms with Gasteiger partial charge in [0.15, 0.2) is 17.7 Å². The van der Waals surface area contributed by atoms with Gasteiger partial charge in [0.1, 0.15) is 12.4 Å². The average Bonchev–Trinajstić information content (AvgIpc) is 3.30. The summed E-state index contributed by atoms with van der Waals surface area (Å²) in [6.45, 7) is 5.91. The predicted octanol–water partition coefficient (Wildman–Crippen LogP) is 4.66. The van der Waals surface area contributed by atoms with E-state index in [1.165, 1.54) is 13.2 Å². The first kappa shape index (κ1) is 32.0. The Morgan fingerprint density at radius 1 is 1.11 bits per heavy atom. The number of aliphatic hydroxyl groups is 1. The van der Waals surface area contributed by atoms with Gasteiger partial charge in [-0.25, -0.2) is 14.0 Å². The molecular formula is C34H36FN5O6. The van der Waals surface area contributed by atoms with Crippen LogP contribution in [0.3, 0.4) is 0 Å². The number of aliphatic hydroxyl groups excluding tert-OH is 1. The fourth-order valence-corrected chi connectivity index (χ4v) is 5.43. The molecule has 2 atom stereocenters. The predicted molar refractivity (Wildman–Crippen MR) is 171 cm³/mol. The fourth-order valence-electron chi connectivity index (χ4n) is 5.43. The van der Waals surface area contributed by atoms with E-state index in [1.807, 2.05) is 48.7 Å². The Kier molecular flexibility index (Phi) is 9.87. The van der Waals surface area contributed by atoms with E-state index in [0.717, 1.165) is 22.2 Å². The molecule has 4 N–H and O–H groups in total. The van der Waals surface area contributed by atoms with E-state index >= 15 is 0 Å². The molecule has 3 aromatic carbocycles. The van der Waals surface area contributed by atoms with E-state index in [0.29, 0.717) is 41.5 Å². The summed E-state index contributed by atoms with van der Waals surface area (Å²) >= 11 is 0. The summed E-state index contributed by atoms with van der Waals surface area (Å²) in [7, 11) is 1.27. The van der Waals surface area contributed by atoms with Gasteiger partial charge < -0.3 is 34.5 Å². The molecule has 0 saturated carbocycles. The van der Waals surface area contributed by atoms with Crippen molar-refractivity contribution in [1.29, 1.82) is 0 Å². The van der Waals surface area contributed by atoms with Crippen LogP contribution in [0.2, 0.25) is 0 Å². The number of methoxy groups -OCH3 is 1. The maximum Gasteiger partial charge on any atom is 0.337 e. The second kappa shape index (κ2) is 14.2. The maximum absolute atomic E-state index is 14.4. The van der Waals surface area contributed by atoms with E-state index in [2.05, 4.69) is 21.2 Å². The highest BCUT2D eigenvalue weighted by molar-refractivity contribution is 6.01. The van der Waals surface area contributed by atoms with Gasteiger partial charge in [-0.1, -0.05) is 42.5 Å². The third-order valence-corrected chi connectivity index (χ3v) is 7.66. The number of carbonyl (C=O) groups excluding carboxylic acids is 2. The highest BCUT2D eigenvalue weighted by atomic mass is 19.1. The summed E-state index contributed by atoms with van der Waals surface area (Å²) < 4.78 is 33.0. The smallest absolute Gasteiger partial charge is 0.337 e. The number of halogens is 1. The van der Waals surface area contributed by atoms with Gasteiger partial charge in [0.05, 0.1) is 38.1 Å². The lowest BCUT2D eigenvalue weighted by Gasteiger charge is -2.28. The minimum absolute atomic E-state index is 0.165. The summed E-state index contributed by atoms with van der Waals surface area (Å²) in [6, 6.07) is 18.3. The molecule has 2 heterocycles. The van der Waals surface area contributed by atoms with Crippen LogP contribution in [0.15, 0.2) is 83.1 Å². The van der Waals surface area contributed by atoms with Crippen molar-refractivity contribution in [2.45, 2.75) is 39.6 Å². The number of urea groups is 1. The van der Waals surface area contributed by atoms with Crippen molar-refractivity contribution < 1.29 is 33.3 Å². The van der Waals surface area contributed by atoms with Gasteiger partial charge >= 0.3 is 12.0 Å². The first-order valence-electron chi connectivity index (χ1n) is 14.8. The molecule has 12 heteroatoms. The third kappa shape index (κ3) is 6.81. The van der Waals surface area contributed by atoms with Crippen LogP contribution in [0.1, 0.15) is 42.3 Å². The molecule has 0 aliphatic carbocycles. The second-order valence-electron chi connectivity index (χ2n) is 10.6. The summed E-state index contributed by atoms with van der Waals surface area (Å²) in [5.41, 5.74) is 7.17. The van der Waals surface area contributed by atoms with Crippen LogP contribution >= 0.6 is 0 Å². The average molecular weight is 630 g/mol. The largest absolute Gasteiger partial charge is 0.490 e. The fraction of sp³-hybridized carbons (Fsp3) is 0.265. The number of allylic oxidation sites excluding steroid dienone is 1. The first-order valence-corrected chi connectivity index (χ1v) is 14.8. The van der Waals surface area contributed by atoms with Crippen LogP contribution in [-0.2, 0) is 16.1 Å².